The van der Waals surface area contributed by atoms with E-state index in [1.807, 2.05) is 23.6 Å². The van der Waals surface area contributed by atoms with E-state index in [9.17, 15) is 0 Å². The Morgan fingerprint density at radius 1 is 1.22 bits per heavy atom. The van der Waals surface area contributed by atoms with E-state index in [0.29, 0.717) is 19.8 Å². The Balaban J connectivity index is 1.95. The third kappa shape index (κ3) is 2.19. The third-order valence-corrected chi connectivity index (χ3v) is 3.70. The topological polar surface area (TPSA) is 57.4 Å². The first kappa shape index (κ1) is 11.5. The third-order valence-electron chi connectivity index (χ3n) is 2.76. The summed E-state index contributed by atoms with van der Waals surface area (Å²) in [6.07, 6.45) is 0.915. The highest BCUT2D eigenvalue weighted by Gasteiger charge is 2.12. The molecule has 0 atom stereocenters. The highest BCUT2D eigenvalue weighted by Crippen LogP contribution is 2.35. The fraction of sp³-hybridized carbons (Fsp3) is 0.308. The molecular formula is C13H14N2O2S. The van der Waals surface area contributed by atoms with Crippen LogP contribution >= 0.6 is 11.3 Å². The highest BCUT2D eigenvalue weighted by atomic mass is 32.1. The first-order valence-electron chi connectivity index (χ1n) is 5.91. The maximum atomic E-state index is 5.67. The lowest BCUT2D eigenvalue weighted by Gasteiger charge is -2.07. The number of benzene rings is 1. The van der Waals surface area contributed by atoms with Crippen LogP contribution in [-0.2, 0) is 6.54 Å². The molecule has 0 saturated heterocycles. The molecule has 0 fully saturated rings. The van der Waals surface area contributed by atoms with Crippen LogP contribution in [0.25, 0.3) is 10.6 Å². The van der Waals surface area contributed by atoms with Crippen LogP contribution in [0.4, 0.5) is 0 Å². The molecule has 1 aliphatic rings. The molecular weight excluding hydrogens is 248 g/mol. The Morgan fingerprint density at radius 2 is 2.06 bits per heavy atom. The minimum Gasteiger partial charge on any atom is -0.490 e. The van der Waals surface area contributed by atoms with Gasteiger partial charge < -0.3 is 15.2 Å². The molecule has 2 aromatic rings. The van der Waals surface area contributed by atoms with Crippen molar-refractivity contribution in [2.75, 3.05) is 13.2 Å². The van der Waals surface area contributed by atoms with Crippen molar-refractivity contribution in [2.45, 2.75) is 13.0 Å². The Morgan fingerprint density at radius 3 is 2.83 bits per heavy atom. The van der Waals surface area contributed by atoms with E-state index < -0.39 is 0 Å². The Labute approximate surface area is 109 Å². The average molecular weight is 262 g/mol. The summed E-state index contributed by atoms with van der Waals surface area (Å²) in [6, 6.07) is 5.94. The predicted octanol–water partition coefficient (Wildman–Crippen LogP) is 2.43. The molecule has 5 heteroatoms. The SMILES string of the molecule is NCc1csc(-c2ccc3c(c2)OCCCO3)n1. The van der Waals surface area contributed by atoms with Gasteiger partial charge in [0.25, 0.3) is 0 Å². The van der Waals surface area contributed by atoms with Crippen molar-refractivity contribution < 1.29 is 9.47 Å². The fourth-order valence-electron chi connectivity index (χ4n) is 1.83. The van der Waals surface area contributed by atoms with Crippen molar-refractivity contribution in [3.05, 3.63) is 29.3 Å². The van der Waals surface area contributed by atoms with Crippen molar-refractivity contribution in [1.29, 1.82) is 0 Å². The molecule has 1 aromatic heterocycles. The van der Waals surface area contributed by atoms with Crippen molar-refractivity contribution in [3.8, 4) is 22.1 Å². The van der Waals surface area contributed by atoms with E-state index in [2.05, 4.69) is 4.98 Å². The molecule has 1 aromatic carbocycles. The van der Waals surface area contributed by atoms with E-state index in [4.69, 9.17) is 15.2 Å². The molecule has 0 bridgehead atoms. The molecule has 0 amide bonds. The summed E-state index contributed by atoms with van der Waals surface area (Å²) in [5.74, 6) is 1.61. The van der Waals surface area contributed by atoms with Crippen LogP contribution < -0.4 is 15.2 Å². The van der Waals surface area contributed by atoms with Gasteiger partial charge in [-0.15, -0.1) is 11.3 Å². The summed E-state index contributed by atoms with van der Waals surface area (Å²) in [6.45, 7) is 1.88. The van der Waals surface area contributed by atoms with E-state index in [-0.39, 0.29) is 0 Å². The second kappa shape index (κ2) is 4.96. The summed E-state index contributed by atoms with van der Waals surface area (Å²) in [5.41, 5.74) is 7.54. The maximum absolute atomic E-state index is 5.67. The van der Waals surface area contributed by atoms with Gasteiger partial charge in [0.1, 0.15) is 5.01 Å². The van der Waals surface area contributed by atoms with Gasteiger partial charge in [-0.05, 0) is 18.2 Å². The van der Waals surface area contributed by atoms with Gasteiger partial charge in [-0.25, -0.2) is 4.98 Å². The summed E-state index contributed by atoms with van der Waals surface area (Å²) in [7, 11) is 0. The largest absolute Gasteiger partial charge is 0.490 e. The van der Waals surface area contributed by atoms with Crippen LogP contribution in [0.5, 0.6) is 11.5 Å². The lowest BCUT2D eigenvalue weighted by molar-refractivity contribution is 0.297. The van der Waals surface area contributed by atoms with Gasteiger partial charge >= 0.3 is 0 Å². The average Bonchev–Trinajstić information content (AvgIpc) is 2.76. The van der Waals surface area contributed by atoms with E-state index >= 15 is 0 Å². The van der Waals surface area contributed by atoms with Crippen molar-refractivity contribution in [2.24, 2.45) is 5.73 Å². The number of ether oxygens (including phenoxy) is 2. The lowest BCUT2D eigenvalue weighted by atomic mass is 10.2. The number of fused-ring (bicyclic) bond motifs is 1. The quantitative estimate of drug-likeness (QED) is 0.903. The monoisotopic (exact) mass is 262 g/mol. The zero-order valence-corrected chi connectivity index (χ0v) is 10.7. The van der Waals surface area contributed by atoms with Crippen molar-refractivity contribution in [3.63, 3.8) is 0 Å². The van der Waals surface area contributed by atoms with Gasteiger partial charge in [0.2, 0.25) is 0 Å². The number of nitrogens with two attached hydrogens (primary N) is 1. The van der Waals surface area contributed by atoms with Gasteiger partial charge in [0.15, 0.2) is 11.5 Å². The standard InChI is InChI=1S/C13H14N2O2S/c14-7-10-8-18-13(15-10)9-2-3-11-12(6-9)17-5-1-4-16-11/h2-3,6,8H,1,4-5,7,14H2. The van der Waals surface area contributed by atoms with Crippen LogP contribution in [0, 0.1) is 0 Å². The summed E-state index contributed by atoms with van der Waals surface area (Å²) < 4.78 is 11.3. The van der Waals surface area contributed by atoms with Gasteiger partial charge in [0.05, 0.1) is 18.9 Å². The molecule has 2 N–H and O–H groups in total. The number of hydrogen-bond donors (Lipinski definition) is 1. The maximum Gasteiger partial charge on any atom is 0.161 e. The zero-order chi connectivity index (χ0) is 12.4. The molecule has 18 heavy (non-hydrogen) atoms. The van der Waals surface area contributed by atoms with Gasteiger partial charge in [-0.3, -0.25) is 0 Å². The zero-order valence-electron chi connectivity index (χ0n) is 9.89. The number of nitrogens with zero attached hydrogens (tertiary/aromatic N) is 1. The Kier molecular flexibility index (Phi) is 3.17. The van der Waals surface area contributed by atoms with Gasteiger partial charge in [0, 0.05) is 23.9 Å². The molecule has 4 nitrogen and oxygen atoms in total. The second-order valence-corrected chi connectivity index (χ2v) is 4.92. The summed E-state index contributed by atoms with van der Waals surface area (Å²) in [5, 5.41) is 2.95. The number of hydrogen-bond acceptors (Lipinski definition) is 5. The Hall–Kier alpha value is -1.59. The van der Waals surface area contributed by atoms with Crippen molar-refractivity contribution >= 4 is 11.3 Å². The van der Waals surface area contributed by atoms with Gasteiger partial charge in [-0.2, -0.15) is 0 Å². The van der Waals surface area contributed by atoms with Crippen LogP contribution in [0.3, 0.4) is 0 Å². The minimum absolute atomic E-state index is 0.473. The normalized spacial score (nSPS) is 14.3. The fourth-order valence-corrected chi connectivity index (χ4v) is 2.66. The molecule has 0 radical (unpaired) electrons. The first-order chi connectivity index (χ1) is 8.86. The van der Waals surface area contributed by atoms with E-state index in [1.165, 1.54) is 0 Å². The minimum atomic E-state index is 0.473. The molecule has 0 aliphatic carbocycles. The number of thiazole rings is 1. The highest BCUT2D eigenvalue weighted by molar-refractivity contribution is 7.13. The molecule has 0 saturated carbocycles. The lowest BCUT2D eigenvalue weighted by Crippen LogP contribution is -1.97. The van der Waals surface area contributed by atoms with E-state index in [1.54, 1.807) is 11.3 Å². The first-order valence-corrected chi connectivity index (χ1v) is 6.79. The number of aromatic nitrogens is 1. The molecule has 94 valence electrons. The van der Waals surface area contributed by atoms with E-state index in [0.717, 1.165) is 34.2 Å². The summed E-state index contributed by atoms with van der Waals surface area (Å²) in [4.78, 5) is 4.47. The van der Waals surface area contributed by atoms with Gasteiger partial charge in [-0.1, -0.05) is 0 Å². The molecule has 1 aliphatic heterocycles. The second-order valence-electron chi connectivity index (χ2n) is 4.06. The molecule has 0 unspecified atom stereocenters. The molecule has 2 heterocycles. The summed E-state index contributed by atoms with van der Waals surface area (Å²) >= 11 is 1.60. The van der Waals surface area contributed by atoms with Crippen molar-refractivity contribution in [1.82, 2.24) is 4.98 Å². The molecule has 0 spiro atoms. The van der Waals surface area contributed by atoms with Crippen LogP contribution in [-0.4, -0.2) is 18.2 Å². The smallest absolute Gasteiger partial charge is 0.161 e. The molecule has 3 rings (SSSR count). The predicted molar refractivity (Wildman–Crippen MR) is 71.0 cm³/mol. The van der Waals surface area contributed by atoms with Crippen LogP contribution in [0.1, 0.15) is 12.1 Å². The van der Waals surface area contributed by atoms with Crippen LogP contribution in [0.2, 0.25) is 0 Å². The Bertz CT molecular complexity index is 554. The number of rotatable bonds is 2. The van der Waals surface area contributed by atoms with Crippen LogP contribution in [0.15, 0.2) is 23.6 Å².